The molecule has 148 valence electrons. The quantitative estimate of drug-likeness (QED) is 0.268. The zero-order valence-electron chi connectivity index (χ0n) is 14.7. The first-order valence-electron chi connectivity index (χ1n) is 8.24. The number of carbonyl (C=O) groups excluding carboxylic acids is 2. The zero-order valence-corrected chi connectivity index (χ0v) is 16.3. The van der Waals surface area contributed by atoms with Crippen LogP contribution in [-0.2, 0) is 24.2 Å². The molecule has 1 heterocycles. The van der Waals surface area contributed by atoms with Crippen LogP contribution < -0.4 is 0 Å². The number of sulfone groups is 1. The van der Waals surface area contributed by atoms with Gasteiger partial charge in [-0.25, -0.2) is 8.42 Å². The van der Waals surface area contributed by atoms with Gasteiger partial charge in [-0.15, -0.1) is 11.8 Å². The average Bonchev–Trinajstić information content (AvgIpc) is 2.98. The summed E-state index contributed by atoms with van der Waals surface area (Å²) in [6.45, 7) is 1.65. The Bertz CT molecular complexity index is 809. The molecule has 1 amide bonds. The maximum Gasteiger partial charge on any atom is 0.316 e. The first-order valence-corrected chi connectivity index (χ1v) is 11.1. The molecule has 0 saturated carbocycles. The number of nitro groups is 1. The Labute approximate surface area is 161 Å². The van der Waals surface area contributed by atoms with Crippen molar-refractivity contribution in [3.05, 3.63) is 34.4 Å². The number of hydrogen-bond acceptors (Lipinski definition) is 8. The molecule has 27 heavy (non-hydrogen) atoms. The van der Waals surface area contributed by atoms with Gasteiger partial charge in [0.05, 0.1) is 22.2 Å². The van der Waals surface area contributed by atoms with E-state index in [0.29, 0.717) is 17.9 Å². The van der Waals surface area contributed by atoms with Crippen LogP contribution in [0.5, 0.6) is 0 Å². The van der Waals surface area contributed by atoms with Crippen molar-refractivity contribution >= 4 is 39.2 Å². The Morgan fingerprint density at radius 1 is 1.33 bits per heavy atom. The molecule has 9 nitrogen and oxygen atoms in total. The molecule has 1 aliphatic heterocycles. The van der Waals surface area contributed by atoms with Crippen LogP contribution >= 0.6 is 11.8 Å². The number of likely N-dealkylation sites (N-methyl/N-ethyl adjacent to an activating group) is 1. The predicted octanol–water partition coefficient (Wildman–Crippen LogP) is 1.27. The average molecular weight is 416 g/mol. The van der Waals surface area contributed by atoms with Crippen molar-refractivity contribution in [3.8, 4) is 0 Å². The van der Waals surface area contributed by atoms with E-state index in [4.69, 9.17) is 4.74 Å². The van der Waals surface area contributed by atoms with E-state index in [2.05, 4.69) is 0 Å². The van der Waals surface area contributed by atoms with Crippen LogP contribution in [0.15, 0.2) is 29.2 Å². The van der Waals surface area contributed by atoms with Crippen LogP contribution in [-0.4, -0.2) is 66.6 Å². The second-order valence-electron chi connectivity index (χ2n) is 5.94. The Morgan fingerprint density at radius 2 is 2.00 bits per heavy atom. The summed E-state index contributed by atoms with van der Waals surface area (Å²) in [7, 11) is -3.11. The number of carbonyl (C=O) groups is 2. The first-order chi connectivity index (χ1) is 12.7. The fourth-order valence-electron chi connectivity index (χ4n) is 2.73. The fraction of sp³-hybridized carbons (Fsp3) is 0.500. The van der Waals surface area contributed by atoms with E-state index in [1.165, 1.54) is 29.2 Å². The number of nitro benzene ring substituents is 1. The number of thioether (sulfide) groups is 1. The monoisotopic (exact) mass is 416 g/mol. The van der Waals surface area contributed by atoms with Crippen molar-refractivity contribution in [2.75, 3.05) is 30.4 Å². The third-order valence-electron chi connectivity index (χ3n) is 4.07. The van der Waals surface area contributed by atoms with E-state index in [-0.39, 0.29) is 29.0 Å². The van der Waals surface area contributed by atoms with Gasteiger partial charge in [-0.3, -0.25) is 19.7 Å². The highest BCUT2D eigenvalue weighted by Gasteiger charge is 2.34. The summed E-state index contributed by atoms with van der Waals surface area (Å²) in [5.41, 5.74) is -0.0406. The van der Waals surface area contributed by atoms with Gasteiger partial charge < -0.3 is 9.64 Å². The van der Waals surface area contributed by atoms with Gasteiger partial charge in [0, 0.05) is 29.6 Å². The van der Waals surface area contributed by atoms with Crippen LogP contribution in [0.2, 0.25) is 0 Å². The summed E-state index contributed by atoms with van der Waals surface area (Å²) in [6.07, 6.45) is 0.395. The van der Waals surface area contributed by atoms with Gasteiger partial charge in [0.1, 0.15) is 0 Å². The maximum atomic E-state index is 12.2. The lowest BCUT2D eigenvalue weighted by Crippen LogP contribution is -2.43. The van der Waals surface area contributed by atoms with Crippen molar-refractivity contribution in [2.45, 2.75) is 24.3 Å². The van der Waals surface area contributed by atoms with Gasteiger partial charge >= 0.3 is 5.97 Å². The molecular weight excluding hydrogens is 396 g/mol. The van der Waals surface area contributed by atoms with Crippen LogP contribution in [0, 0.1) is 10.1 Å². The minimum atomic E-state index is -3.11. The minimum Gasteiger partial charge on any atom is -0.455 e. The third-order valence-corrected chi connectivity index (χ3v) is 6.81. The smallest absolute Gasteiger partial charge is 0.316 e. The molecule has 1 aromatic carbocycles. The van der Waals surface area contributed by atoms with Crippen molar-refractivity contribution in [1.29, 1.82) is 0 Å². The Balaban J connectivity index is 1.78. The lowest BCUT2D eigenvalue weighted by molar-refractivity contribution is -0.384. The molecule has 0 spiro atoms. The van der Waals surface area contributed by atoms with Gasteiger partial charge in [-0.1, -0.05) is 0 Å². The van der Waals surface area contributed by atoms with Crippen LogP contribution in [0.25, 0.3) is 0 Å². The molecule has 0 radical (unpaired) electrons. The summed E-state index contributed by atoms with van der Waals surface area (Å²) in [4.78, 5) is 36.2. The van der Waals surface area contributed by atoms with Crippen LogP contribution in [0.3, 0.4) is 0 Å². The van der Waals surface area contributed by atoms with Gasteiger partial charge in [0.25, 0.3) is 11.6 Å². The Hall–Kier alpha value is -2.14. The van der Waals surface area contributed by atoms with E-state index in [1.54, 1.807) is 6.92 Å². The van der Waals surface area contributed by atoms with Crippen molar-refractivity contribution in [2.24, 2.45) is 0 Å². The molecule has 11 heteroatoms. The van der Waals surface area contributed by atoms with E-state index >= 15 is 0 Å². The van der Waals surface area contributed by atoms with Crippen molar-refractivity contribution < 1.29 is 27.7 Å². The SMILES string of the molecule is CCN(C(=O)COC(=O)CSc1ccc([N+](=O)[O-])cc1)[C@H]1CCS(=O)(=O)C1. The number of benzene rings is 1. The molecule has 1 aliphatic rings. The largest absolute Gasteiger partial charge is 0.455 e. The van der Waals surface area contributed by atoms with Crippen LogP contribution in [0.4, 0.5) is 5.69 Å². The van der Waals surface area contributed by atoms with E-state index in [0.717, 1.165) is 11.8 Å². The second-order valence-corrected chi connectivity index (χ2v) is 9.21. The fourth-order valence-corrected chi connectivity index (χ4v) is 5.16. The molecular formula is C16H20N2O7S2. The molecule has 1 fully saturated rings. The Morgan fingerprint density at radius 3 is 2.52 bits per heavy atom. The lowest BCUT2D eigenvalue weighted by Gasteiger charge is -2.26. The number of esters is 1. The number of ether oxygens (including phenoxy) is 1. The maximum absolute atomic E-state index is 12.2. The van der Waals surface area contributed by atoms with Gasteiger partial charge in [-0.05, 0) is 25.5 Å². The van der Waals surface area contributed by atoms with Gasteiger partial charge in [0.2, 0.25) is 0 Å². The minimum absolute atomic E-state index is 0.0406. The van der Waals surface area contributed by atoms with E-state index in [1.807, 2.05) is 0 Å². The molecule has 1 atom stereocenters. The van der Waals surface area contributed by atoms with E-state index < -0.39 is 33.2 Å². The van der Waals surface area contributed by atoms with Gasteiger partial charge in [-0.2, -0.15) is 0 Å². The molecule has 1 saturated heterocycles. The van der Waals surface area contributed by atoms with Crippen molar-refractivity contribution in [1.82, 2.24) is 4.90 Å². The first kappa shape index (κ1) is 21.2. The number of rotatable bonds is 8. The van der Waals surface area contributed by atoms with E-state index in [9.17, 15) is 28.1 Å². The standard InChI is InChI=1S/C16H20N2O7S2/c1-2-17(13-7-8-27(23,24)11-13)15(19)9-25-16(20)10-26-14-5-3-12(4-6-14)18(21)22/h3-6,13H,2,7-11H2,1H3/t13-/m0/s1. The molecule has 0 aliphatic carbocycles. The second kappa shape index (κ2) is 9.18. The molecule has 1 aromatic rings. The highest BCUT2D eigenvalue weighted by Crippen LogP contribution is 2.21. The molecule has 0 bridgehead atoms. The highest BCUT2D eigenvalue weighted by molar-refractivity contribution is 8.00. The summed E-state index contributed by atoms with van der Waals surface area (Å²) < 4.78 is 28.1. The summed E-state index contributed by atoms with van der Waals surface area (Å²) in [5.74, 6) is -1.06. The zero-order chi connectivity index (χ0) is 20.0. The number of hydrogen-bond donors (Lipinski definition) is 0. The summed E-state index contributed by atoms with van der Waals surface area (Å²) in [5, 5.41) is 10.6. The Kier molecular flexibility index (Phi) is 7.19. The van der Waals surface area contributed by atoms with Crippen molar-refractivity contribution in [3.63, 3.8) is 0 Å². The highest BCUT2D eigenvalue weighted by atomic mass is 32.2. The molecule has 2 rings (SSSR count). The molecule has 0 unspecified atom stereocenters. The number of nitrogens with zero attached hydrogens (tertiary/aromatic N) is 2. The molecule has 0 aromatic heterocycles. The van der Waals surface area contributed by atoms with Gasteiger partial charge in [0.15, 0.2) is 16.4 Å². The normalized spacial score (nSPS) is 18.0. The van der Waals surface area contributed by atoms with Crippen LogP contribution in [0.1, 0.15) is 13.3 Å². The lowest BCUT2D eigenvalue weighted by atomic mass is 10.2. The number of non-ortho nitro benzene ring substituents is 1. The topological polar surface area (TPSA) is 124 Å². The number of amides is 1. The predicted molar refractivity (Wildman–Crippen MR) is 99.2 cm³/mol. The summed E-state index contributed by atoms with van der Waals surface area (Å²) in [6, 6.07) is 5.36. The third kappa shape index (κ3) is 6.21. The summed E-state index contributed by atoms with van der Waals surface area (Å²) >= 11 is 1.14. The molecule has 0 N–H and O–H groups in total.